The minimum absolute atomic E-state index is 0.283. The third kappa shape index (κ3) is 2.27. The average Bonchev–Trinajstić information content (AvgIpc) is 2.61. The Labute approximate surface area is 100.0 Å². The molecule has 2 aliphatic heterocycles. The third-order valence-electron chi connectivity index (χ3n) is 4.69. The number of nitrogens with zero attached hydrogens (tertiary/aromatic N) is 2. The molecule has 0 aliphatic carbocycles. The molecule has 0 aromatic heterocycles. The van der Waals surface area contributed by atoms with Gasteiger partial charge in [0.1, 0.15) is 0 Å². The van der Waals surface area contributed by atoms with Crippen LogP contribution in [0.4, 0.5) is 0 Å². The van der Waals surface area contributed by atoms with Crippen LogP contribution in [0.2, 0.25) is 0 Å². The lowest BCUT2D eigenvalue weighted by Crippen LogP contribution is -2.58. The summed E-state index contributed by atoms with van der Waals surface area (Å²) in [6.07, 6.45) is 3.89. The van der Waals surface area contributed by atoms with E-state index in [2.05, 4.69) is 30.7 Å². The van der Waals surface area contributed by atoms with Gasteiger partial charge in [0, 0.05) is 18.6 Å². The van der Waals surface area contributed by atoms with Crippen molar-refractivity contribution in [1.29, 1.82) is 0 Å². The van der Waals surface area contributed by atoms with E-state index in [4.69, 9.17) is 5.73 Å². The molecule has 1 atom stereocenters. The quantitative estimate of drug-likeness (QED) is 0.765. The van der Waals surface area contributed by atoms with Crippen LogP contribution in [0.1, 0.15) is 33.1 Å². The minimum atomic E-state index is 0.283. The minimum Gasteiger partial charge on any atom is -0.329 e. The summed E-state index contributed by atoms with van der Waals surface area (Å²) in [4.78, 5) is 5.09. The molecule has 0 radical (unpaired) electrons. The molecule has 2 heterocycles. The molecule has 2 saturated heterocycles. The first-order valence-electron chi connectivity index (χ1n) is 6.61. The van der Waals surface area contributed by atoms with Crippen LogP contribution in [-0.4, -0.2) is 55.1 Å². The van der Waals surface area contributed by atoms with Crippen molar-refractivity contribution in [2.24, 2.45) is 11.1 Å². The van der Waals surface area contributed by atoms with Gasteiger partial charge in [-0.05, 0) is 51.4 Å². The Kier molecular flexibility index (Phi) is 3.30. The topological polar surface area (TPSA) is 32.5 Å². The molecular formula is C13H27N3. The molecule has 3 nitrogen and oxygen atoms in total. The molecule has 2 rings (SSSR count). The van der Waals surface area contributed by atoms with Crippen molar-refractivity contribution in [2.45, 2.75) is 38.6 Å². The summed E-state index contributed by atoms with van der Waals surface area (Å²) < 4.78 is 0. The van der Waals surface area contributed by atoms with Crippen molar-refractivity contribution in [3.8, 4) is 0 Å². The van der Waals surface area contributed by atoms with Gasteiger partial charge in [-0.15, -0.1) is 0 Å². The molecule has 94 valence electrons. The van der Waals surface area contributed by atoms with Gasteiger partial charge in [-0.25, -0.2) is 0 Å². The monoisotopic (exact) mass is 225 g/mol. The van der Waals surface area contributed by atoms with Crippen LogP contribution >= 0.6 is 0 Å². The molecule has 0 spiro atoms. The molecule has 2 fully saturated rings. The fraction of sp³-hybridized carbons (Fsp3) is 1.00. The molecule has 16 heavy (non-hydrogen) atoms. The number of rotatable bonds is 2. The van der Waals surface area contributed by atoms with E-state index in [9.17, 15) is 0 Å². The van der Waals surface area contributed by atoms with Gasteiger partial charge in [-0.2, -0.15) is 0 Å². The highest BCUT2D eigenvalue weighted by Crippen LogP contribution is 2.35. The summed E-state index contributed by atoms with van der Waals surface area (Å²) in [5.41, 5.74) is 6.88. The molecule has 0 amide bonds. The molecule has 2 aliphatic rings. The summed E-state index contributed by atoms with van der Waals surface area (Å²) in [5.74, 6) is 0. The van der Waals surface area contributed by atoms with Crippen LogP contribution in [0, 0.1) is 5.41 Å². The average molecular weight is 225 g/mol. The number of likely N-dealkylation sites (tertiary alicyclic amines) is 2. The zero-order valence-corrected chi connectivity index (χ0v) is 11.1. The van der Waals surface area contributed by atoms with Gasteiger partial charge in [-0.3, -0.25) is 4.90 Å². The predicted molar refractivity (Wildman–Crippen MR) is 68.5 cm³/mol. The first kappa shape index (κ1) is 12.3. The fourth-order valence-corrected chi connectivity index (χ4v) is 3.20. The molecule has 0 aromatic carbocycles. The van der Waals surface area contributed by atoms with Crippen molar-refractivity contribution in [3.63, 3.8) is 0 Å². The lowest BCUT2D eigenvalue weighted by Gasteiger charge is -2.46. The van der Waals surface area contributed by atoms with Crippen LogP contribution in [0.5, 0.6) is 0 Å². The van der Waals surface area contributed by atoms with E-state index in [0.717, 1.165) is 13.1 Å². The molecule has 2 N–H and O–H groups in total. The maximum atomic E-state index is 6.06. The SMILES string of the molecule is CN1CCC(CN)(N2CCC(C)(C)CC2)C1. The Morgan fingerprint density at radius 2 is 1.69 bits per heavy atom. The summed E-state index contributed by atoms with van der Waals surface area (Å²) in [7, 11) is 2.21. The second-order valence-corrected chi connectivity index (χ2v) is 6.57. The largest absolute Gasteiger partial charge is 0.329 e. The van der Waals surface area contributed by atoms with Crippen LogP contribution in [0.25, 0.3) is 0 Å². The normalized spacial score (nSPS) is 36.8. The Balaban J connectivity index is 2.01. The number of nitrogens with two attached hydrogens (primary N) is 1. The second-order valence-electron chi connectivity index (χ2n) is 6.57. The standard InChI is InChI=1S/C13H27N3/c1-12(2)4-8-16(9-5-12)13(10-14)6-7-15(3)11-13/h4-11,14H2,1-3H3. The number of hydrogen-bond donors (Lipinski definition) is 1. The Bertz CT molecular complexity index is 242. The van der Waals surface area contributed by atoms with Gasteiger partial charge in [0.2, 0.25) is 0 Å². The molecule has 3 heteroatoms. The molecule has 0 saturated carbocycles. The molecular weight excluding hydrogens is 198 g/mol. The van der Waals surface area contributed by atoms with E-state index in [-0.39, 0.29) is 5.54 Å². The fourth-order valence-electron chi connectivity index (χ4n) is 3.20. The molecule has 0 aromatic rings. The van der Waals surface area contributed by atoms with Gasteiger partial charge in [0.15, 0.2) is 0 Å². The predicted octanol–water partition coefficient (Wildman–Crippen LogP) is 1.14. The summed E-state index contributed by atoms with van der Waals surface area (Å²) >= 11 is 0. The lowest BCUT2D eigenvalue weighted by molar-refractivity contribution is 0.0385. The van der Waals surface area contributed by atoms with Gasteiger partial charge >= 0.3 is 0 Å². The van der Waals surface area contributed by atoms with Gasteiger partial charge in [-0.1, -0.05) is 13.8 Å². The van der Waals surface area contributed by atoms with Crippen molar-refractivity contribution < 1.29 is 0 Å². The van der Waals surface area contributed by atoms with E-state index < -0.39 is 0 Å². The van der Waals surface area contributed by atoms with E-state index in [1.807, 2.05) is 0 Å². The second kappa shape index (κ2) is 4.28. The third-order valence-corrected chi connectivity index (χ3v) is 4.69. The summed E-state index contributed by atoms with van der Waals surface area (Å²) in [5, 5.41) is 0. The summed E-state index contributed by atoms with van der Waals surface area (Å²) in [6.45, 7) is 10.4. The van der Waals surface area contributed by atoms with Crippen LogP contribution in [0.3, 0.4) is 0 Å². The van der Waals surface area contributed by atoms with E-state index in [1.165, 1.54) is 38.9 Å². The lowest BCUT2D eigenvalue weighted by atomic mass is 9.80. The zero-order valence-electron chi connectivity index (χ0n) is 11.1. The van der Waals surface area contributed by atoms with E-state index >= 15 is 0 Å². The van der Waals surface area contributed by atoms with E-state index in [1.54, 1.807) is 0 Å². The molecule has 1 unspecified atom stereocenters. The Morgan fingerprint density at radius 1 is 1.06 bits per heavy atom. The van der Waals surface area contributed by atoms with Crippen molar-refractivity contribution >= 4 is 0 Å². The van der Waals surface area contributed by atoms with Crippen molar-refractivity contribution in [3.05, 3.63) is 0 Å². The highest BCUT2D eigenvalue weighted by molar-refractivity contribution is 5.01. The highest BCUT2D eigenvalue weighted by atomic mass is 15.3. The number of hydrogen-bond acceptors (Lipinski definition) is 3. The Hall–Kier alpha value is -0.120. The van der Waals surface area contributed by atoms with Crippen LogP contribution < -0.4 is 5.73 Å². The summed E-state index contributed by atoms with van der Waals surface area (Å²) in [6, 6.07) is 0. The van der Waals surface area contributed by atoms with Crippen LogP contribution in [-0.2, 0) is 0 Å². The number of likely N-dealkylation sites (N-methyl/N-ethyl adjacent to an activating group) is 1. The van der Waals surface area contributed by atoms with Crippen LogP contribution in [0.15, 0.2) is 0 Å². The van der Waals surface area contributed by atoms with Gasteiger partial charge in [0.05, 0.1) is 0 Å². The maximum absolute atomic E-state index is 6.06. The smallest absolute Gasteiger partial charge is 0.0470 e. The van der Waals surface area contributed by atoms with Gasteiger partial charge < -0.3 is 10.6 Å². The highest BCUT2D eigenvalue weighted by Gasteiger charge is 2.42. The molecule has 0 bridgehead atoms. The Morgan fingerprint density at radius 3 is 2.12 bits per heavy atom. The number of piperidine rings is 1. The first-order valence-corrected chi connectivity index (χ1v) is 6.61. The maximum Gasteiger partial charge on any atom is 0.0470 e. The van der Waals surface area contributed by atoms with E-state index in [0.29, 0.717) is 5.41 Å². The van der Waals surface area contributed by atoms with Crippen molar-refractivity contribution in [1.82, 2.24) is 9.80 Å². The van der Waals surface area contributed by atoms with Crippen molar-refractivity contribution in [2.75, 3.05) is 39.8 Å². The van der Waals surface area contributed by atoms with Gasteiger partial charge in [0.25, 0.3) is 0 Å². The zero-order chi connectivity index (χ0) is 11.8. The first-order chi connectivity index (χ1) is 7.47.